The van der Waals surface area contributed by atoms with Crippen LogP contribution < -0.4 is 15.0 Å². The molecule has 0 spiro atoms. The number of hydrogen-bond donors (Lipinski definition) is 0. The first-order valence-corrected chi connectivity index (χ1v) is 11.5. The number of aromatic nitrogens is 2. The second-order valence-corrected chi connectivity index (χ2v) is 8.54. The summed E-state index contributed by atoms with van der Waals surface area (Å²) < 4.78 is 52.2. The number of pyridine rings is 1. The Morgan fingerprint density at radius 2 is 1.74 bits per heavy atom. The fraction of sp³-hybridized carbons (Fsp3) is 0.214. The molecular formula is C28H27ClF3N3O3. The van der Waals surface area contributed by atoms with Crippen molar-refractivity contribution >= 4 is 30.2 Å². The molecule has 200 valence electrons. The zero-order valence-electron chi connectivity index (χ0n) is 21.0. The Bertz CT molecular complexity index is 1480. The molecule has 10 heteroatoms. The summed E-state index contributed by atoms with van der Waals surface area (Å²) in [5.74, 6) is 1.09. The summed E-state index contributed by atoms with van der Waals surface area (Å²) in [6.07, 6.45) is 0.509. The number of likely N-dealkylation sites (N-methyl/N-ethyl adjacent to an activating group) is 1. The SMILES string of the molecule is COc1cccc(/C=C/c2nc3ccccn3c(=O)c2-c2ccc(C(F)(F)F)cc2)c1OCCN(C)C.Cl. The van der Waals surface area contributed by atoms with Gasteiger partial charge in [-0.2, -0.15) is 13.2 Å². The summed E-state index contributed by atoms with van der Waals surface area (Å²) in [5.41, 5.74) is 0.764. The molecule has 2 heterocycles. The first kappa shape index (κ1) is 28.7. The van der Waals surface area contributed by atoms with Crippen molar-refractivity contribution in [1.82, 2.24) is 14.3 Å². The third-order valence-corrected chi connectivity index (χ3v) is 5.70. The minimum Gasteiger partial charge on any atom is -0.493 e. The minimum absolute atomic E-state index is 0. The van der Waals surface area contributed by atoms with Crippen LogP contribution in [0.15, 0.2) is 71.7 Å². The highest BCUT2D eigenvalue weighted by molar-refractivity contribution is 5.85. The normalized spacial score (nSPS) is 11.7. The van der Waals surface area contributed by atoms with Gasteiger partial charge in [-0.3, -0.25) is 9.20 Å². The highest BCUT2D eigenvalue weighted by atomic mass is 35.5. The van der Waals surface area contributed by atoms with Crippen LogP contribution in [-0.2, 0) is 6.18 Å². The van der Waals surface area contributed by atoms with E-state index < -0.39 is 17.3 Å². The van der Waals surface area contributed by atoms with E-state index in [4.69, 9.17) is 9.47 Å². The Balaban J connectivity index is 0.00000400. The first-order chi connectivity index (χ1) is 17.7. The summed E-state index contributed by atoms with van der Waals surface area (Å²) in [7, 11) is 5.44. The predicted molar refractivity (Wildman–Crippen MR) is 145 cm³/mol. The van der Waals surface area contributed by atoms with E-state index in [1.165, 1.54) is 16.5 Å². The monoisotopic (exact) mass is 545 g/mol. The number of halogens is 4. The summed E-state index contributed by atoms with van der Waals surface area (Å²) in [6.45, 7) is 1.13. The maximum atomic E-state index is 13.4. The van der Waals surface area contributed by atoms with Crippen molar-refractivity contribution in [2.45, 2.75) is 6.18 Å². The maximum absolute atomic E-state index is 13.4. The van der Waals surface area contributed by atoms with Gasteiger partial charge in [-0.15, -0.1) is 12.4 Å². The lowest BCUT2D eigenvalue weighted by molar-refractivity contribution is -0.137. The molecule has 6 nitrogen and oxygen atoms in total. The van der Waals surface area contributed by atoms with Gasteiger partial charge in [-0.1, -0.05) is 30.3 Å². The van der Waals surface area contributed by atoms with E-state index in [-0.39, 0.29) is 18.0 Å². The molecule has 38 heavy (non-hydrogen) atoms. The lowest BCUT2D eigenvalue weighted by Crippen LogP contribution is -2.19. The van der Waals surface area contributed by atoms with E-state index in [2.05, 4.69) is 4.98 Å². The molecule has 0 bridgehead atoms. The average Bonchev–Trinajstić information content (AvgIpc) is 2.87. The Morgan fingerprint density at radius 1 is 1.00 bits per heavy atom. The van der Waals surface area contributed by atoms with Crippen LogP contribution in [0.3, 0.4) is 0 Å². The molecule has 0 atom stereocenters. The van der Waals surface area contributed by atoms with E-state index in [1.807, 2.05) is 31.1 Å². The highest BCUT2D eigenvalue weighted by Gasteiger charge is 2.30. The third-order valence-electron chi connectivity index (χ3n) is 5.70. The molecular weight excluding hydrogens is 519 g/mol. The van der Waals surface area contributed by atoms with Gasteiger partial charge in [0, 0.05) is 18.3 Å². The first-order valence-electron chi connectivity index (χ1n) is 11.5. The standard InChI is InChI=1S/C28H26F3N3O3.ClH/c1-33(2)17-18-37-26-20(7-6-8-23(26)36-3)12-15-22-25(19-10-13-21(14-11-19)28(29,30)31)27(35)34-16-5-4-9-24(34)32-22;/h4-16H,17-18H2,1-3H3;1H/b15-12+;. The smallest absolute Gasteiger partial charge is 0.416 e. The van der Waals surface area contributed by atoms with E-state index >= 15 is 0 Å². The fourth-order valence-corrected chi connectivity index (χ4v) is 3.80. The van der Waals surface area contributed by atoms with Gasteiger partial charge in [0.25, 0.3) is 5.56 Å². The van der Waals surface area contributed by atoms with Gasteiger partial charge in [0.15, 0.2) is 11.5 Å². The van der Waals surface area contributed by atoms with Crippen molar-refractivity contribution in [3.8, 4) is 22.6 Å². The summed E-state index contributed by atoms with van der Waals surface area (Å²) >= 11 is 0. The van der Waals surface area contributed by atoms with Gasteiger partial charge in [-0.05, 0) is 62.1 Å². The van der Waals surface area contributed by atoms with Crippen molar-refractivity contribution in [2.75, 3.05) is 34.4 Å². The Morgan fingerprint density at radius 3 is 2.39 bits per heavy atom. The number of para-hydroxylation sites is 1. The van der Waals surface area contributed by atoms with Crippen LogP contribution in [0.5, 0.6) is 11.5 Å². The molecule has 0 aliphatic heterocycles. The van der Waals surface area contributed by atoms with Gasteiger partial charge < -0.3 is 14.4 Å². The summed E-state index contributed by atoms with van der Waals surface area (Å²) in [4.78, 5) is 20.1. The summed E-state index contributed by atoms with van der Waals surface area (Å²) in [6, 6.07) is 15.1. The van der Waals surface area contributed by atoms with E-state index in [0.717, 1.165) is 12.1 Å². The maximum Gasteiger partial charge on any atom is 0.416 e. The largest absolute Gasteiger partial charge is 0.493 e. The number of nitrogens with zero attached hydrogens (tertiary/aromatic N) is 3. The molecule has 4 aromatic rings. The lowest BCUT2D eigenvalue weighted by atomic mass is 10.0. The molecule has 0 saturated carbocycles. The van der Waals surface area contributed by atoms with Gasteiger partial charge in [0.1, 0.15) is 12.3 Å². The molecule has 0 fully saturated rings. The Labute approximate surface area is 224 Å². The number of alkyl halides is 3. The van der Waals surface area contributed by atoms with Gasteiger partial charge in [0.05, 0.1) is 23.9 Å². The topological polar surface area (TPSA) is 56.1 Å². The van der Waals surface area contributed by atoms with Gasteiger partial charge >= 0.3 is 6.18 Å². The molecule has 0 saturated heterocycles. The number of hydrogen-bond acceptors (Lipinski definition) is 5. The third kappa shape index (κ3) is 6.35. The molecule has 0 aliphatic rings. The molecule has 0 unspecified atom stereocenters. The van der Waals surface area contributed by atoms with Crippen LogP contribution in [0.2, 0.25) is 0 Å². The molecule has 4 rings (SSSR count). The van der Waals surface area contributed by atoms with E-state index in [1.54, 1.807) is 49.7 Å². The number of rotatable bonds is 8. The number of methoxy groups -OCH3 is 1. The zero-order chi connectivity index (χ0) is 26.6. The van der Waals surface area contributed by atoms with Crippen LogP contribution in [0.4, 0.5) is 13.2 Å². The zero-order valence-corrected chi connectivity index (χ0v) is 21.8. The van der Waals surface area contributed by atoms with Crippen LogP contribution in [-0.4, -0.2) is 48.6 Å². The van der Waals surface area contributed by atoms with Crippen molar-refractivity contribution in [2.24, 2.45) is 0 Å². The van der Waals surface area contributed by atoms with Gasteiger partial charge in [-0.25, -0.2) is 4.98 Å². The number of benzene rings is 2. The van der Waals surface area contributed by atoms with Crippen LogP contribution in [0.1, 0.15) is 16.8 Å². The molecule has 0 amide bonds. The minimum atomic E-state index is -4.48. The van der Waals surface area contributed by atoms with E-state index in [9.17, 15) is 18.0 Å². The van der Waals surface area contributed by atoms with E-state index in [0.29, 0.717) is 47.1 Å². The van der Waals surface area contributed by atoms with Crippen molar-refractivity contribution < 1.29 is 22.6 Å². The second-order valence-electron chi connectivity index (χ2n) is 8.54. The lowest BCUT2D eigenvalue weighted by Gasteiger charge is -2.15. The van der Waals surface area contributed by atoms with Crippen LogP contribution in [0, 0.1) is 0 Å². The van der Waals surface area contributed by atoms with Crippen molar-refractivity contribution in [3.05, 3.63) is 94.0 Å². The summed E-state index contributed by atoms with van der Waals surface area (Å²) in [5, 5.41) is 0. The molecule has 0 aliphatic carbocycles. The Kier molecular flexibility index (Phi) is 9.19. The molecule has 2 aromatic heterocycles. The van der Waals surface area contributed by atoms with Crippen molar-refractivity contribution in [1.29, 1.82) is 0 Å². The van der Waals surface area contributed by atoms with Crippen molar-refractivity contribution in [3.63, 3.8) is 0 Å². The molecule has 2 aromatic carbocycles. The number of fused-ring (bicyclic) bond motifs is 1. The molecule has 0 N–H and O–H groups in total. The second kappa shape index (κ2) is 12.1. The number of ether oxygens (including phenoxy) is 2. The highest BCUT2D eigenvalue weighted by Crippen LogP contribution is 2.34. The quantitative estimate of drug-likeness (QED) is 0.275. The van der Waals surface area contributed by atoms with Crippen LogP contribution >= 0.6 is 12.4 Å². The van der Waals surface area contributed by atoms with Crippen LogP contribution in [0.25, 0.3) is 28.9 Å². The molecule has 0 radical (unpaired) electrons. The predicted octanol–water partition coefficient (Wildman–Crippen LogP) is 5.92. The average molecular weight is 546 g/mol. The Hall–Kier alpha value is -3.82. The van der Waals surface area contributed by atoms with Gasteiger partial charge in [0.2, 0.25) is 0 Å². The fourth-order valence-electron chi connectivity index (χ4n) is 3.80.